The summed E-state index contributed by atoms with van der Waals surface area (Å²) in [7, 11) is 4.24. The molecule has 3 heteroatoms. The van der Waals surface area contributed by atoms with Crippen LogP contribution in [-0.2, 0) is 0 Å². The lowest BCUT2D eigenvalue weighted by Gasteiger charge is -2.10. The van der Waals surface area contributed by atoms with Crippen LogP contribution in [0.15, 0.2) is 0 Å². The van der Waals surface area contributed by atoms with Crippen LogP contribution in [0.25, 0.3) is 0 Å². The van der Waals surface area contributed by atoms with E-state index in [0.29, 0.717) is 6.04 Å². The molecule has 0 unspecified atom stereocenters. The van der Waals surface area contributed by atoms with E-state index >= 15 is 0 Å². The summed E-state index contributed by atoms with van der Waals surface area (Å²) in [5.74, 6) is 2.47. The molecule has 0 spiro atoms. The Morgan fingerprint density at radius 2 is 1.92 bits per heavy atom. The lowest BCUT2D eigenvalue weighted by Crippen LogP contribution is -2.25. The van der Waals surface area contributed by atoms with Crippen molar-refractivity contribution in [2.75, 3.05) is 38.7 Å². The molecule has 0 radical (unpaired) electrons. The highest BCUT2D eigenvalue weighted by atomic mass is 32.2. The zero-order valence-corrected chi connectivity index (χ0v) is 9.58. The zero-order chi connectivity index (χ0) is 9.40. The third kappa shape index (κ3) is 10.3. The quantitative estimate of drug-likeness (QED) is 0.609. The first kappa shape index (κ1) is 12.3. The van der Waals surface area contributed by atoms with Crippen LogP contribution in [0.4, 0.5) is 0 Å². The Kier molecular flexibility index (Phi) is 8.07. The second kappa shape index (κ2) is 7.90. The van der Waals surface area contributed by atoms with Gasteiger partial charge in [-0.3, -0.25) is 0 Å². The monoisotopic (exact) mass is 190 g/mol. The third-order valence-electron chi connectivity index (χ3n) is 1.48. The molecule has 0 atom stereocenters. The fourth-order valence-corrected chi connectivity index (χ4v) is 1.73. The third-order valence-corrected chi connectivity index (χ3v) is 2.45. The summed E-state index contributed by atoms with van der Waals surface area (Å²) in [6.45, 7) is 6.69. The van der Waals surface area contributed by atoms with E-state index in [-0.39, 0.29) is 0 Å². The number of hydrogen-bond acceptors (Lipinski definition) is 3. The Morgan fingerprint density at radius 3 is 2.42 bits per heavy atom. The first-order valence-electron chi connectivity index (χ1n) is 4.58. The van der Waals surface area contributed by atoms with Gasteiger partial charge in [0.05, 0.1) is 0 Å². The van der Waals surface area contributed by atoms with Crippen LogP contribution < -0.4 is 5.32 Å². The van der Waals surface area contributed by atoms with Crippen LogP contribution in [0, 0.1) is 0 Å². The van der Waals surface area contributed by atoms with E-state index in [4.69, 9.17) is 0 Å². The van der Waals surface area contributed by atoms with Crippen molar-refractivity contribution < 1.29 is 0 Å². The average molecular weight is 190 g/mol. The van der Waals surface area contributed by atoms with Gasteiger partial charge in [-0.05, 0) is 14.1 Å². The van der Waals surface area contributed by atoms with E-state index in [2.05, 4.69) is 38.2 Å². The number of nitrogens with one attached hydrogen (secondary N) is 1. The fraction of sp³-hybridized carbons (Fsp3) is 1.00. The van der Waals surface area contributed by atoms with E-state index in [1.54, 1.807) is 0 Å². The average Bonchev–Trinajstić information content (AvgIpc) is 1.95. The maximum Gasteiger partial charge on any atom is 0.00662 e. The van der Waals surface area contributed by atoms with Crippen LogP contribution in [0.2, 0.25) is 0 Å². The first-order chi connectivity index (χ1) is 5.63. The highest BCUT2D eigenvalue weighted by Gasteiger charge is 1.93. The molecule has 0 aromatic rings. The van der Waals surface area contributed by atoms with Crippen LogP contribution in [0.3, 0.4) is 0 Å². The van der Waals surface area contributed by atoms with E-state index in [9.17, 15) is 0 Å². The normalized spacial score (nSPS) is 11.5. The summed E-state index contributed by atoms with van der Waals surface area (Å²) >= 11 is 2.02. The molecular weight excluding hydrogens is 168 g/mol. The molecule has 74 valence electrons. The molecule has 0 rings (SSSR count). The van der Waals surface area contributed by atoms with E-state index in [1.807, 2.05) is 11.8 Å². The zero-order valence-electron chi connectivity index (χ0n) is 8.76. The Labute approximate surface area is 81.1 Å². The van der Waals surface area contributed by atoms with Gasteiger partial charge < -0.3 is 10.2 Å². The maximum atomic E-state index is 3.40. The molecule has 0 saturated heterocycles. The summed E-state index contributed by atoms with van der Waals surface area (Å²) < 4.78 is 0. The number of nitrogens with zero attached hydrogens (tertiary/aromatic N) is 1. The molecule has 0 saturated carbocycles. The molecule has 0 fully saturated rings. The molecule has 0 bridgehead atoms. The van der Waals surface area contributed by atoms with Crippen LogP contribution >= 0.6 is 11.8 Å². The van der Waals surface area contributed by atoms with E-state index in [0.717, 1.165) is 6.54 Å². The van der Waals surface area contributed by atoms with Gasteiger partial charge >= 0.3 is 0 Å². The summed E-state index contributed by atoms with van der Waals surface area (Å²) in [5, 5.41) is 3.40. The van der Waals surface area contributed by atoms with Crippen molar-refractivity contribution in [2.24, 2.45) is 0 Å². The molecule has 1 N–H and O–H groups in total. The van der Waals surface area contributed by atoms with Crippen LogP contribution in [-0.4, -0.2) is 49.6 Å². The van der Waals surface area contributed by atoms with Crippen molar-refractivity contribution in [2.45, 2.75) is 19.9 Å². The summed E-state index contributed by atoms with van der Waals surface area (Å²) in [6, 6.07) is 0.624. The number of rotatable bonds is 7. The van der Waals surface area contributed by atoms with Crippen molar-refractivity contribution in [3.05, 3.63) is 0 Å². The van der Waals surface area contributed by atoms with Gasteiger partial charge in [0, 0.05) is 30.6 Å². The molecule has 0 aliphatic rings. The molecule has 0 amide bonds. The molecule has 0 aromatic heterocycles. The van der Waals surface area contributed by atoms with Crippen molar-refractivity contribution in [3.63, 3.8) is 0 Å². The Morgan fingerprint density at radius 1 is 1.25 bits per heavy atom. The smallest absolute Gasteiger partial charge is 0.00662 e. The Balaban J connectivity index is 2.91. The van der Waals surface area contributed by atoms with Gasteiger partial charge in [0.15, 0.2) is 0 Å². The lowest BCUT2D eigenvalue weighted by atomic mass is 10.4. The molecule has 0 aliphatic carbocycles. The van der Waals surface area contributed by atoms with E-state index < -0.39 is 0 Å². The highest BCUT2D eigenvalue weighted by Crippen LogP contribution is 1.97. The second-order valence-electron chi connectivity index (χ2n) is 3.52. The van der Waals surface area contributed by atoms with Crippen LogP contribution in [0.1, 0.15) is 13.8 Å². The standard InChI is InChI=1S/C9H22N2S/c1-9(2)10-5-7-12-8-6-11(3)4/h9-10H,5-8H2,1-4H3. The summed E-state index contributed by atoms with van der Waals surface area (Å²) in [5.41, 5.74) is 0. The summed E-state index contributed by atoms with van der Waals surface area (Å²) in [4.78, 5) is 2.23. The SMILES string of the molecule is CC(C)NCCSCCN(C)C. The van der Waals surface area contributed by atoms with Crippen molar-refractivity contribution in [1.82, 2.24) is 10.2 Å². The maximum absolute atomic E-state index is 3.40. The topological polar surface area (TPSA) is 15.3 Å². The molecule has 2 nitrogen and oxygen atoms in total. The van der Waals surface area contributed by atoms with Gasteiger partial charge in [0.1, 0.15) is 0 Å². The van der Waals surface area contributed by atoms with Crippen molar-refractivity contribution in [1.29, 1.82) is 0 Å². The minimum absolute atomic E-state index is 0.624. The first-order valence-corrected chi connectivity index (χ1v) is 5.74. The van der Waals surface area contributed by atoms with Gasteiger partial charge in [-0.2, -0.15) is 11.8 Å². The van der Waals surface area contributed by atoms with Crippen molar-refractivity contribution >= 4 is 11.8 Å². The molecule has 0 heterocycles. The predicted molar refractivity (Wildman–Crippen MR) is 59.0 cm³/mol. The fourth-order valence-electron chi connectivity index (χ4n) is 0.769. The number of hydrogen-bond donors (Lipinski definition) is 1. The molecule has 0 aliphatic heterocycles. The lowest BCUT2D eigenvalue weighted by molar-refractivity contribution is 0.437. The summed E-state index contributed by atoms with van der Waals surface area (Å²) in [6.07, 6.45) is 0. The van der Waals surface area contributed by atoms with Gasteiger partial charge in [-0.1, -0.05) is 13.8 Å². The predicted octanol–water partition coefficient (Wildman–Crippen LogP) is 1.28. The minimum Gasteiger partial charge on any atom is -0.314 e. The molecule has 0 aromatic carbocycles. The molecule has 12 heavy (non-hydrogen) atoms. The van der Waals surface area contributed by atoms with Crippen molar-refractivity contribution in [3.8, 4) is 0 Å². The second-order valence-corrected chi connectivity index (χ2v) is 4.75. The van der Waals surface area contributed by atoms with Gasteiger partial charge in [-0.25, -0.2) is 0 Å². The minimum atomic E-state index is 0.624. The van der Waals surface area contributed by atoms with Gasteiger partial charge in [0.25, 0.3) is 0 Å². The Hall–Kier alpha value is 0.270. The van der Waals surface area contributed by atoms with E-state index in [1.165, 1.54) is 18.1 Å². The largest absolute Gasteiger partial charge is 0.314 e. The molecular formula is C9H22N2S. The number of thioether (sulfide) groups is 1. The van der Waals surface area contributed by atoms with Crippen LogP contribution in [0.5, 0.6) is 0 Å². The van der Waals surface area contributed by atoms with Gasteiger partial charge in [-0.15, -0.1) is 0 Å². The highest BCUT2D eigenvalue weighted by molar-refractivity contribution is 7.99. The Bertz CT molecular complexity index is 82.5. The van der Waals surface area contributed by atoms with Gasteiger partial charge in [0.2, 0.25) is 0 Å².